The van der Waals surface area contributed by atoms with Crippen LogP contribution < -0.4 is 4.74 Å². The zero-order valence-electron chi connectivity index (χ0n) is 10.2. The van der Waals surface area contributed by atoms with Crippen molar-refractivity contribution in [2.45, 2.75) is 20.8 Å². The Bertz CT molecular complexity index is 293. The first-order valence-corrected chi connectivity index (χ1v) is 5.68. The van der Waals surface area contributed by atoms with E-state index in [1.54, 1.807) is 0 Å². The Morgan fingerprint density at radius 3 is 2.12 bits per heavy atom. The summed E-state index contributed by atoms with van der Waals surface area (Å²) in [5.41, 5.74) is 0.869. The summed E-state index contributed by atoms with van der Waals surface area (Å²) in [6.45, 7) is 7.61. The maximum absolute atomic E-state index is 5.53. The molecule has 0 unspecified atom stereocenters. The third kappa shape index (κ3) is 3.51. The van der Waals surface area contributed by atoms with Crippen LogP contribution in [-0.4, -0.2) is 19.8 Å². The third-order valence-electron chi connectivity index (χ3n) is 1.96. The summed E-state index contributed by atoms with van der Waals surface area (Å²) in [5, 5.41) is 0. The van der Waals surface area contributed by atoms with Crippen LogP contribution in [-0.2, 0) is 9.47 Å². The predicted molar refractivity (Wildman–Crippen MR) is 63.2 cm³/mol. The summed E-state index contributed by atoms with van der Waals surface area (Å²) in [4.78, 5) is 0. The van der Waals surface area contributed by atoms with Gasteiger partial charge in [0.15, 0.2) is 0 Å². The molecular formula is C13H19O3. The van der Waals surface area contributed by atoms with Gasteiger partial charge in [0.2, 0.25) is 0 Å². The lowest BCUT2D eigenvalue weighted by Crippen LogP contribution is -2.11. The maximum Gasteiger partial charge on any atom is 0.259 e. The van der Waals surface area contributed by atoms with Crippen LogP contribution in [0.5, 0.6) is 5.75 Å². The van der Waals surface area contributed by atoms with Crippen LogP contribution in [0.25, 0.3) is 0 Å². The van der Waals surface area contributed by atoms with Crippen LogP contribution in [0.3, 0.4) is 0 Å². The average molecular weight is 223 g/mol. The minimum atomic E-state index is 0.536. The van der Waals surface area contributed by atoms with Gasteiger partial charge >= 0.3 is 0 Å². The first-order valence-electron chi connectivity index (χ1n) is 5.68. The smallest absolute Gasteiger partial charge is 0.259 e. The normalized spacial score (nSPS) is 10.8. The molecule has 0 saturated heterocycles. The average Bonchev–Trinajstić information content (AvgIpc) is 2.30. The van der Waals surface area contributed by atoms with E-state index < -0.39 is 0 Å². The molecule has 0 heterocycles. The highest BCUT2D eigenvalue weighted by Gasteiger charge is 2.18. The minimum absolute atomic E-state index is 0.536. The summed E-state index contributed by atoms with van der Waals surface area (Å²) in [7, 11) is 0. The number of ether oxygens (including phenoxy) is 3. The lowest BCUT2D eigenvalue weighted by molar-refractivity contribution is -0.0173. The zero-order chi connectivity index (χ0) is 11.8. The minimum Gasteiger partial charge on any atom is -0.493 e. The van der Waals surface area contributed by atoms with Crippen molar-refractivity contribution in [2.24, 2.45) is 0 Å². The Balaban J connectivity index is 2.87. The first-order chi connectivity index (χ1) is 7.83. The Labute approximate surface area is 97.3 Å². The van der Waals surface area contributed by atoms with Crippen molar-refractivity contribution in [2.75, 3.05) is 19.8 Å². The molecule has 89 valence electrons. The van der Waals surface area contributed by atoms with E-state index in [1.807, 2.05) is 45.0 Å². The van der Waals surface area contributed by atoms with Gasteiger partial charge in [-0.3, -0.25) is 0 Å². The Morgan fingerprint density at radius 1 is 0.938 bits per heavy atom. The van der Waals surface area contributed by atoms with Crippen LogP contribution in [0.15, 0.2) is 24.3 Å². The summed E-state index contributed by atoms with van der Waals surface area (Å²) in [6, 6.07) is 7.72. The van der Waals surface area contributed by atoms with Gasteiger partial charge in [0, 0.05) is 13.2 Å². The molecule has 0 bridgehead atoms. The molecule has 3 heteroatoms. The van der Waals surface area contributed by atoms with Crippen molar-refractivity contribution in [1.82, 2.24) is 0 Å². The molecule has 0 aliphatic heterocycles. The van der Waals surface area contributed by atoms with Crippen molar-refractivity contribution >= 4 is 0 Å². The molecule has 0 N–H and O–H groups in total. The molecule has 0 aromatic heterocycles. The molecule has 0 aliphatic carbocycles. The lowest BCUT2D eigenvalue weighted by Gasteiger charge is -2.18. The fourth-order valence-corrected chi connectivity index (χ4v) is 1.38. The SMILES string of the molecule is CCO[C](OCC)c1ccccc1OCC. The second-order valence-electron chi connectivity index (χ2n) is 3.08. The van der Waals surface area contributed by atoms with E-state index in [1.165, 1.54) is 0 Å². The molecule has 1 aromatic carbocycles. The van der Waals surface area contributed by atoms with Crippen molar-refractivity contribution in [3.05, 3.63) is 36.1 Å². The summed E-state index contributed by atoms with van der Waals surface area (Å²) in [5.74, 6) is 0.793. The van der Waals surface area contributed by atoms with Crippen LogP contribution in [0.1, 0.15) is 26.3 Å². The number of hydrogen-bond acceptors (Lipinski definition) is 3. The second-order valence-corrected chi connectivity index (χ2v) is 3.08. The number of hydrogen-bond donors (Lipinski definition) is 0. The van der Waals surface area contributed by atoms with Gasteiger partial charge in [0.1, 0.15) is 5.75 Å². The van der Waals surface area contributed by atoms with E-state index in [9.17, 15) is 0 Å². The van der Waals surface area contributed by atoms with Gasteiger partial charge in [0.25, 0.3) is 6.29 Å². The highest BCUT2D eigenvalue weighted by molar-refractivity contribution is 5.39. The van der Waals surface area contributed by atoms with E-state index in [2.05, 4.69) is 0 Å². The maximum atomic E-state index is 5.53. The zero-order valence-corrected chi connectivity index (χ0v) is 10.2. The van der Waals surface area contributed by atoms with Crippen LogP contribution >= 0.6 is 0 Å². The summed E-state index contributed by atoms with van der Waals surface area (Å²) in [6.07, 6.45) is 0.536. The highest BCUT2D eigenvalue weighted by Crippen LogP contribution is 2.27. The van der Waals surface area contributed by atoms with Crippen molar-refractivity contribution in [1.29, 1.82) is 0 Å². The molecule has 0 spiro atoms. The number of benzene rings is 1. The van der Waals surface area contributed by atoms with Gasteiger partial charge < -0.3 is 14.2 Å². The van der Waals surface area contributed by atoms with E-state index in [0.717, 1.165) is 11.3 Å². The lowest BCUT2D eigenvalue weighted by atomic mass is 10.2. The summed E-state index contributed by atoms with van der Waals surface area (Å²) < 4.78 is 16.5. The summed E-state index contributed by atoms with van der Waals surface area (Å²) >= 11 is 0. The third-order valence-corrected chi connectivity index (χ3v) is 1.96. The molecule has 0 saturated carbocycles. The second kappa shape index (κ2) is 7.25. The van der Waals surface area contributed by atoms with Gasteiger partial charge in [-0.05, 0) is 32.9 Å². The molecular weight excluding hydrogens is 204 g/mol. The van der Waals surface area contributed by atoms with E-state index in [4.69, 9.17) is 14.2 Å². The van der Waals surface area contributed by atoms with Gasteiger partial charge in [-0.15, -0.1) is 0 Å². The van der Waals surface area contributed by atoms with Gasteiger partial charge in [0.05, 0.1) is 12.2 Å². The monoisotopic (exact) mass is 223 g/mol. The molecule has 1 rings (SSSR count). The molecule has 1 radical (unpaired) electrons. The molecule has 0 fully saturated rings. The number of para-hydroxylation sites is 1. The predicted octanol–water partition coefficient (Wildman–Crippen LogP) is 3.00. The Morgan fingerprint density at radius 2 is 1.56 bits per heavy atom. The fraction of sp³-hybridized carbons (Fsp3) is 0.462. The van der Waals surface area contributed by atoms with Crippen molar-refractivity contribution in [3.8, 4) is 5.75 Å². The quantitative estimate of drug-likeness (QED) is 0.711. The van der Waals surface area contributed by atoms with Gasteiger partial charge in [-0.25, -0.2) is 0 Å². The Kier molecular flexibility index (Phi) is 5.90. The largest absolute Gasteiger partial charge is 0.493 e. The van der Waals surface area contributed by atoms with Gasteiger partial charge in [-0.1, -0.05) is 12.1 Å². The van der Waals surface area contributed by atoms with E-state index in [0.29, 0.717) is 26.1 Å². The van der Waals surface area contributed by atoms with Gasteiger partial charge in [-0.2, -0.15) is 0 Å². The molecule has 3 nitrogen and oxygen atoms in total. The van der Waals surface area contributed by atoms with Crippen LogP contribution in [0.2, 0.25) is 0 Å². The van der Waals surface area contributed by atoms with E-state index >= 15 is 0 Å². The fourth-order valence-electron chi connectivity index (χ4n) is 1.38. The number of rotatable bonds is 7. The molecule has 0 amide bonds. The highest BCUT2D eigenvalue weighted by atomic mass is 16.7. The van der Waals surface area contributed by atoms with E-state index in [-0.39, 0.29) is 0 Å². The van der Waals surface area contributed by atoms with Crippen molar-refractivity contribution < 1.29 is 14.2 Å². The standard InChI is InChI=1S/C13H19O3/c1-4-14-12-10-8-7-9-11(12)13(15-5-2)16-6-3/h7-10H,4-6H2,1-3H3. The van der Waals surface area contributed by atoms with Crippen LogP contribution in [0.4, 0.5) is 0 Å². The van der Waals surface area contributed by atoms with Crippen molar-refractivity contribution in [3.63, 3.8) is 0 Å². The molecule has 0 atom stereocenters. The van der Waals surface area contributed by atoms with Crippen LogP contribution in [0, 0.1) is 6.29 Å². The topological polar surface area (TPSA) is 27.7 Å². The molecule has 1 aromatic rings. The molecule has 0 aliphatic rings. The Hall–Kier alpha value is -1.06. The molecule has 16 heavy (non-hydrogen) atoms. The first kappa shape index (κ1) is 13.0.